The van der Waals surface area contributed by atoms with Gasteiger partial charge in [-0.3, -0.25) is 4.90 Å². The van der Waals surface area contributed by atoms with Crippen molar-refractivity contribution in [1.29, 1.82) is 0 Å². The molecule has 0 radical (unpaired) electrons. The summed E-state index contributed by atoms with van der Waals surface area (Å²) in [6.45, 7) is 5.01. The zero-order valence-corrected chi connectivity index (χ0v) is 10.5. The number of anilines is 2. The van der Waals surface area contributed by atoms with E-state index in [1.165, 1.54) is 16.2 Å². The van der Waals surface area contributed by atoms with Gasteiger partial charge < -0.3 is 15.7 Å². The molecule has 94 valence electrons. The fourth-order valence-electron chi connectivity index (χ4n) is 2.21. The van der Waals surface area contributed by atoms with Crippen LogP contribution in [0.4, 0.5) is 15.1 Å². The van der Waals surface area contributed by atoms with Crippen LogP contribution in [0.15, 0.2) is 0 Å². The van der Waals surface area contributed by atoms with Gasteiger partial charge in [0, 0.05) is 13.1 Å². The van der Waals surface area contributed by atoms with Crippen molar-refractivity contribution in [1.82, 2.24) is 15.1 Å². The maximum Gasteiger partial charge on any atom is 0.407 e. The van der Waals surface area contributed by atoms with E-state index in [1.807, 2.05) is 18.7 Å². The van der Waals surface area contributed by atoms with Crippen molar-refractivity contribution in [3.05, 3.63) is 0 Å². The topological polar surface area (TPSA) is 95.6 Å². The monoisotopic (exact) mass is 257 g/mol. The molecule has 7 nitrogen and oxygen atoms in total. The second-order valence-corrected chi connectivity index (χ2v) is 5.20. The second kappa shape index (κ2) is 4.36. The highest BCUT2D eigenvalue weighted by molar-refractivity contribution is 7.18. The van der Waals surface area contributed by atoms with Crippen LogP contribution in [-0.4, -0.2) is 51.5 Å². The molecule has 8 heteroatoms. The van der Waals surface area contributed by atoms with E-state index in [4.69, 9.17) is 10.8 Å². The summed E-state index contributed by atoms with van der Waals surface area (Å²) in [6, 6.07) is -0.136. The first kappa shape index (κ1) is 11.9. The molecule has 2 atom stereocenters. The summed E-state index contributed by atoms with van der Waals surface area (Å²) in [5.74, 6) is 0. The highest BCUT2D eigenvalue weighted by Crippen LogP contribution is 2.26. The Morgan fingerprint density at radius 1 is 1.41 bits per heavy atom. The van der Waals surface area contributed by atoms with Crippen molar-refractivity contribution in [3.8, 4) is 0 Å². The molecule has 17 heavy (non-hydrogen) atoms. The molecule has 0 bridgehead atoms. The highest BCUT2D eigenvalue weighted by Gasteiger charge is 2.33. The Morgan fingerprint density at radius 3 is 2.41 bits per heavy atom. The Morgan fingerprint density at radius 2 is 2.00 bits per heavy atom. The molecule has 1 fully saturated rings. The Hall–Kier alpha value is -1.57. The number of piperazine rings is 1. The maximum atomic E-state index is 11.1. The SMILES string of the molecule is CC1CN(c2nnc(N)s2)C[C@H](C)N1C(=O)O. The van der Waals surface area contributed by atoms with E-state index in [0.717, 1.165) is 5.13 Å². The number of nitrogens with two attached hydrogens (primary N) is 1. The van der Waals surface area contributed by atoms with Gasteiger partial charge in [-0.05, 0) is 13.8 Å². The largest absolute Gasteiger partial charge is 0.465 e. The predicted octanol–water partition coefficient (Wildman–Crippen LogP) is 0.697. The van der Waals surface area contributed by atoms with Gasteiger partial charge in [-0.25, -0.2) is 4.79 Å². The third kappa shape index (κ3) is 2.26. The summed E-state index contributed by atoms with van der Waals surface area (Å²) < 4.78 is 0. The van der Waals surface area contributed by atoms with Crippen LogP contribution >= 0.6 is 11.3 Å². The predicted molar refractivity (Wildman–Crippen MR) is 65.3 cm³/mol. The van der Waals surface area contributed by atoms with Crippen molar-refractivity contribution in [3.63, 3.8) is 0 Å². The molecule has 0 spiro atoms. The van der Waals surface area contributed by atoms with Crippen molar-refractivity contribution < 1.29 is 9.90 Å². The fraction of sp³-hybridized carbons (Fsp3) is 0.667. The zero-order chi connectivity index (χ0) is 12.6. The molecule has 1 aromatic heterocycles. The molecular formula is C9H15N5O2S. The van der Waals surface area contributed by atoms with E-state index < -0.39 is 6.09 Å². The van der Waals surface area contributed by atoms with Gasteiger partial charge >= 0.3 is 6.09 Å². The minimum Gasteiger partial charge on any atom is -0.465 e. The molecule has 1 unspecified atom stereocenters. The van der Waals surface area contributed by atoms with Gasteiger partial charge in [0.05, 0.1) is 12.1 Å². The van der Waals surface area contributed by atoms with Gasteiger partial charge in [0.1, 0.15) is 0 Å². The van der Waals surface area contributed by atoms with E-state index in [-0.39, 0.29) is 12.1 Å². The number of hydrogen-bond acceptors (Lipinski definition) is 6. The normalized spacial score (nSPS) is 25.1. The van der Waals surface area contributed by atoms with E-state index in [0.29, 0.717) is 18.2 Å². The maximum absolute atomic E-state index is 11.1. The molecule has 0 aliphatic carbocycles. The van der Waals surface area contributed by atoms with Gasteiger partial charge in [-0.2, -0.15) is 0 Å². The van der Waals surface area contributed by atoms with Crippen LogP contribution in [0.2, 0.25) is 0 Å². The summed E-state index contributed by atoms with van der Waals surface area (Å²) in [5, 5.41) is 18.0. The molecule has 1 amide bonds. The van der Waals surface area contributed by atoms with Crippen LogP contribution in [0.25, 0.3) is 0 Å². The van der Waals surface area contributed by atoms with Crippen LogP contribution in [0.5, 0.6) is 0 Å². The standard InChI is InChI=1S/C9H15N5O2S/c1-5-3-13(8-12-11-7(10)17-8)4-6(2)14(5)9(15)16/h5-6H,3-4H2,1-2H3,(H2,10,11)(H,15,16)/t5-,6?/m0/s1. The minimum atomic E-state index is -0.874. The number of rotatable bonds is 1. The number of aromatic nitrogens is 2. The lowest BCUT2D eigenvalue weighted by molar-refractivity contribution is 0.0982. The number of carboxylic acid groups (broad SMARTS) is 1. The second-order valence-electron chi connectivity index (χ2n) is 4.22. The van der Waals surface area contributed by atoms with Crippen LogP contribution in [0, 0.1) is 0 Å². The summed E-state index contributed by atoms with van der Waals surface area (Å²) in [7, 11) is 0. The quantitative estimate of drug-likeness (QED) is 0.768. The van der Waals surface area contributed by atoms with Crippen molar-refractivity contribution in [2.24, 2.45) is 0 Å². The number of nitrogens with zero attached hydrogens (tertiary/aromatic N) is 4. The van der Waals surface area contributed by atoms with Gasteiger partial charge in [0.2, 0.25) is 10.3 Å². The van der Waals surface area contributed by atoms with Crippen molar-refractivity contribution in [2.45, 2.75) is 25.9 Å². The average Bonchev–Trinajstić information content (AvgIpc) is 2.63. The summed E-state index contributed by atoms with van der Waals surface area (Å²) in [4.78, 5) is 14.6. The molecule has 1 aromatic rings. The van der Waals surface area contributed by atoms with Crippen LogP contribution in [0.1, 0.15) is 13.8 Å². The molecule has 1 aliphatic heterocycles. The van der Waals surface area contributed by atoms with Gasteiger partial charge in [-0.15, -0.1) is 10.2 Å². The Labute approximate surface area is 103 Å². The van der Waals surface area contributed by atoms with Gasteiger partial charge in [0.25, 0.3) is 0 Å². The average molecular weight is 257 g/mol. The van der Waals surface area contributed by atoms with Crippen LogP contribution in [0.3, 0.4) is 0 Å². The first-order valence-corrected chi connectivity index (χ1v) is 6.16. The third-order valence-corrected chi connectivity index (χ3v) is 3.65. The van der Waals surface area contributed by atoms with E-state index in [9.17, 15) is 4.79 Å². The Balaban J connectivity index is 2.13. The van der Waals surface area contributed by atoms with Crippen molar-refractivity contribution >= 4 is 27.7 Å². The van der Waals surface area contributed by atoms with Crippen LogP contribution < -0.4 is 10.6 Å². The molecule has 2 heterocycles. The molecule has 2 rings (SSSR count). The molecule has 3 N–H and O–H groups in total. The molecule has 0 saturated carbocycles. The van der Waals surface area contributed by atoms with Gasteiger partial charge in [0.15, 0.2) is 0 Å². The zero-order valence-electron chi connectivity index (χ0n) is 9.70. The minimum absolute atomic E-state index is 0.0682. The molecular weight excluding hydrogens is 242 g/mol. The van der Waals surface area contributed by atoms with E-state index >= 15 is 0 Å². The summed E-state index contributed by atoms with van der Waals surface area (Å²) in [5.41, 5.74) is 5.54. The first-order chi connectivity index (χ1) is 7.99. The van der Waals surface area contributed by atoms with Crippen molar-refractivity contribution in [2.75, 3.05) is 23.7 Å². The Bertz CT molecular complexity index is 411. The van der Waals surface area contributed by atoms with E-state index in [1.54, 1.807) is 0 Å². The fourth-order valence-corrected chi connectivity index (χ4v) is 2.84. The number of amides is 1. The smallest absolute Gasteiger partial charge is 0.407 e. The highest BCUT2D eigenvalue weighted by atomic mass is 32.1. The molecule has 0 aromatic carbocycles. The number of hydrogen-bond donors (Lipinski definition) is 2. The lowest BCUT2D eigenvalue weighted by Gasteiger charge is -2.42. The number of nitrogen functional groups attached to an aromatic ring is 1. The first-order valence-electron chi connectivity index (χ1n) is 5.34. The molecule has 1 aliphatic rings. The van der Waals surface area contributed by atoms with Gasteiger partial charge in [-0.1, -0.05) is 11.3 Å². The lowest BCUT2D eigenvalue weighted by atomic mass is 10.1. The Kier molecular flexibility index (Phi) is 3.05. The molecule has 1 saturated heterocycles. The number of carbonyl (C=O) groups is 1. The third-order valence-electron chi connectivity index (χ3n) is 2.84. The summed E-state index contributed by atoms with van der Waals surface area (Å²) in [6.07, 6.45) is -0.874. The van der Waals surface area contributed by atoms with Crippen LogP contribution in [-0.2, 0) is 0 Å². The summed E-state index contributed by atoms with van der Waals surface area (Å²) >= 11 is 1.32. The van der Waals surface area contributed by atoms with E-state index in [2.05, 4.69) is 10.2 Å². The lowest BCUT2D eigenvalue weighted by Crippen LogP contribution is -2.58.